The number of rotatable bonds is 5. The molecule has 2 heterocycles. The molecule has 4 rings (SSSR count). The van der Waals surface area contributed by atoms with Crippen LogP contribution < -0.4 is 0 Å². The van der Waals surface area contributed by atoms with Gasteiger partial charge in [-0.3, -0.25) is 4.79 Å². The second kappa shape index (κ2) is 7.69. The van der Waals surface area contributed by atoms with E-state index in [1.807, 2.05) is 0 Å². The number of hydrogen-bond donors (Lipinski definition) is 1. The molecular formula is C19H16ClFN4O4S. The van der Waals surface area contributed by atoms with Crippen molar-refractivity contribution >= 4 is 27.3 Å². The topological polar surface area (TPSA) is 105 Å². The van der Waals surface area contributed by atoms with Gasteiger partial charge in [0.1, 0.15) is 10.7 Å². The van der Waals surface area contributed by atoms with Crippen molar-refractivity contribution in [1.82, 2.24) is 19.9 Å². The summed E-state index contributed by atoms with van der Waals surface area (Å²) in [6.45, 7) is 1.14. The summed E-state index contributed by atoms with van der Waals surface area (Å²) in [7, 11) is -4.24. The lowest BCUT2D eigenvalue weighted by Crippen LogP contribution is -2.42. The van der Waals surface area contributed by atoms with E-state index in [4.69, 9.17) is 11.6 Å². The Kier molecular flexibility index (Phi) is 5.20. The minimum Gasteiger partial charge on any atom is -0.505 e. The largest absolute Gasteiger partial charge is 0.505 e. The third-order valence-corrected chi connectivity index (χ3v) is 6.74. The van der Waals surface area contributed by atoms with Crippen LogP contribution in [0.2, 0.25) is 5.02 Å². The molecule has 1 aliphatic heterocycles. The van der Waals surface area contributed by atoms with Gasteiger partial charge in [0.2, 0.25) is 0 Å². The SMILES string of the molecule is O=C(c1cc(Cl)c(O)c(S(=O)(=O)Cc2cc(-n3nccn3)ccc2F)c1)N1CCC1. The lowest BCUT2D eigenvalue weighted by atomic mass is 10.1. The molecule has 1 N–H and O–H groups in total. The van der Waals surface area contributed by atoms with Crippen molar-refractivity contribution < 1.29 is 22.7 Å². The fourth-order valence-corrected chi connectivity index (χ4v) is 4.84. The Labute approximate surface area is 176 Å². The average molecular weight is 451 g/mol. The van der Waals surface area contributed by atoms with Crippen LogP contribution in [-0.2, 0) is 15.6 Å². The Bertz CT molecular complexity index is 1230. The number of hydrogen-bond acceptors (Lipinski definition) is 6. The first kappa shape index (κ1) is 20.3. The zero-order valence-electron chi connectivity index (χ0n) is 15.5. The molecule has 1 aromatic heterocycles. The van der Waals surface area contributed by atoms with Crippen molar-refractivity contribution in [3.05, 3.63) is 64.7 Å². The summed E-state index contributed by atoms with van der Waals surface area (Å²) < 4.78 is 40.3. The molecule has 1 saturated heterocycles. The van der Waals surface area contributed by atoms with Gasteiger partial charge in [0.15, 0.2) is 15.6 Å². The summed E-state index contributed by atoms with van der Waals surface area (Å²) in [5.74, 6) is -2.55. The van der Waals surface area contributed by atoms with E-state index in [1.54, 1.807) is 4.90 Å². The first-order valence-corrected chi connectivity index (χ1v) is 11.0. The van der Waals surface area contributed by atoms with Crippen LogP contribution >= 0.6 is 11.6 Å². The highest BCUT2D eigenvalue weighted by Crippen LogP contribution is 2.35. The van der Waals surface area contributed by atoms with E-state index in [0.29, 0.717) is 18.8 Å². The van der Waals surface area contributed by atoms with E-state index in [0.717, 1.165) is 18.6 Å². The first-order chi connectivity index (χ1) is 14.3. The number of sulfone groups is 1. The number of carbonyl (C=O) groups excluding carboxylic acids is 1. The van der Waals surface area contributed by atoms with Gasteiger partial charge in [-0.25, -0.2) is 12.8 Å². The summed E-state index contributed by atoms with van der Waals surface area (Å²) in [5.41, 5.74) is 0.279. The van der Waals surface area contributed by atoms with Crippen LogP contribution in [-0.4, -0.2) is 52.4 Å². The molecule has 0 radical (unpaired) electrons. The van der Waals surface area contributed by atoms with Gasteiger partial charge in [0.05, 0.1) is 28.9 Å². The molecule has 156 valence electrons. The molecule has 0 saturated carbocycles. The molecule has 1 fully saturated rings. The van der Waals surface area contributed by atoms with Crippen LogP contribution in [0.15, 0.2) is 47.6 Å². The van der Waals surface area contributed by atoms with Gasteiger partial charge in [-0.2, -0.15) is 15.0 Å². The first-order valence-electron chi connectivity index (χ1n) is 8.96. The summed E-state index contributed by atoms with van der Waals surface area (Å²) in [5, 5.41) is 17.8. The molecular weight excluding hydrogens is 435 g/mol. The average Bonchev–Trinajstić information content (AvgIpc) is 3.18. The van der Waals surface area contributed by atoms with Crippen molar-refractivity contribution in [3.63, 3.8) is 0 Å². The van der Waals surface area contributed by atoms with E-state index in [-0.39, 0.29) is 22.1 Å². The highest BCUT2D eigenvalue weighted by molar-refractivity contribution is 7.90. The van der Waals surface area contributed by atoms with Gasteiger partial charge in [0, 0.05) is 24.2 Å². The Hall–Kier alpha value is -2.98. The minimum atomic E-state index is -4.24. The molecule has 0 aliphatic carbocycles. The van der Waals surface area contributed by atoms with Gasteiger partial charge in [-0.05, 0) is 36.8 Å². The molecule has 0 spiro atoms. The Morgan fingerprint density at radius 1 is 1.17 bits per heavy atom. The maximum atomic E-state index is 14.3. The third kappa shape index (κ3) is 3.75. The van der Waals surface area contributed by atoms with Gasteiger partial charge in [-0.1, -0.05) is 11.6 Å². The molecule has 3 aromatic rings. The second-order valence-electron chi connectivity index (χ2n) is 6.80. The fourth-order valence-electron chi connectivity index (χ4n) is 3.06. The molecule has 2 aromatic carbocycles. The smallest absolute Gasteiger partial charge is 0.253 e. The van der Waals surface area contributed by atoms with Crippen molar-refractivity contribution in [3.8, 4) is 11.4 Å². The molecule has 30 heavy (non-hydrogen) atoms. The monoisotopic (exact) mass is 450 g/mol. The van der Waals surface area contributed by atoms with Crippen molar-refractivity contribution in [2.24, 2.45) is 0 Å². The summed E-state index contributed by atoms with van der Waals surface area (Å²) >= 11 is 5.98. The quantitative estimate of drug-likeness (QED) is 0.640. The van der Waals surface area contributed by atoms with Crippen molar-refractivity contribution in [2.45, 2.75) is 17.1 Å². The zero-order valence-corrected chi connectivity index (χ0v) is 17.1. The lowest BCUT2D eigenvalue weighted by molar-refractivity contribution is 0.0651. The number of aromatic hydroxyl groups is 1. The molecule has 0 bridgehead atoms. The number of halogens is 2. The van der Waals surface area contributed by atoms with Crippen molar-refractivity contribution in [1.29, 1.82) is 0 Å². The van der Waals surface area contributed by atoms with E-state index in [9.17, 15) is 22.7 Å². The normalized spacial score (nSPS) is 13.9. The number of phenols is 1. The molecule has 1 amide bonds. The van der Waals surface area contributed by atoms with Crippen LogP contribution in [0.25, 0.3) is 5.69 Å². The molecule has 1 aliphatic rings. The number of carbonyl (C=O) groups is 1. The van der Waals surface area contributed by atoms with E-state index in [1.165, 1.54) is 35.4 Å². The number of benzene rings is 2. The maximum absolute atomic E-state index is 14.3. The molecule has 8 nitrogen and oxygen atoms in total. The second-order valence-corrected chi connectivity index (χ2v) is 9.17. The number of nitrogens with zero attached hydrogens (tertiary/aromatic N) is 4. The number of aromatic nitrogens is 3. The minimum absolute atomic E-state index is 0.0473. The number of likely N-dealkylation sites (tertiary alicyclic amines) is 1. The van der Waals surface area contributed by atoms with Crippen molar-refractivity contribution in [2.75, 3.05) is 13.1 Å². The molecule has 0 unspecified atom stereocenters. The highest BCUT2D eigenvalue weighted by atomic mass is 35.5. The van der Waals surface area contributed by atoms with Gasteiger partial charge < -0.3 is 10.0 Å². The van der Waals surface area contributed by atoms with Crippen LogP contribution in [0, 0.1) is 5.82 Å². The van der Waals surface area contributed by atoms with Crippen LogP contribution in [0.5, 0.6) is 5.75 Å². The highest BCUT2D eigenvalue weighted by Gasteiger charge is 2.28. The maximum Gasteiger partial charge on any atom is 0.253 e. The van der Waals surface area contributed by atoms with Gasteiger partial charge in [0.25, 0.3) is 5.91 Å². The zero-order chi connectivity index (χ0) is 21.5. The van der Waals surface area contributed by atoms with E-state index < -0.39 is 32.1 Å². The van der Waals surface area contributed by atoms with Gasteiger partial charge in [-0.15, -0.1) is 0 Å². The van der Waals surface area contributed by atoms with Crippen LogP contribution in [0.1, 0.15) is 22.3 Å². The lowest BCUT2D eigenvalue weighted by Gasteiger charge is -2.31. The predicted octanol–water partition coefficient (Wildman–Crippen LogP) is 2.59. The fraction of sp³-hybridized carbons (Fsp3) is 0.211. The summed E-state index contributed by atoms with van der Waals surface area (Å²) in [6.07, 6.45) is 3.73. The number of amides is 1. The van der Waals surface area contributed by atoms with E-state index >= 15 is 0 Å². The Balaban J connectivity index is 1.71. The standard InChI is InChI=1S/C19H16ClFN4O4S/c20-15-9-12(19(27)24-6-1-7-24)10-17(18(15)26)30(28,29)11-13-8-14(2-3-16(13)21)25-22-4-5-23-25/h2-5,8-10,26H,1,6-7,11H2. The number of phenolic OH excluding ortho intramolecular Hbond substituents is 1. The Morgan fingerprint density at radius 3 is 2.50 bits per heavy atom. The van der Waals surface area contributed by atoms with E-state index in [2.05, 4.69) is 10.2 Å². The molecule has 11 heteroatoms. The Morgan fingerprint density at radius 2 is 1.87 bits per heavy atom. The van der Waals surface area contributed by atoms with Gasteiger partial charge >= 0.3 is 0 Å². The predicted molar refractivity (Wildman–Crippen MR) is 106 cm³/mol. The summed E-state index contributed by atoms with van der Waals surface area (Å²) in [6, 6.07) is 6.13. The third-order valence-electron chi connectivity index (χ3n) is 4.78. The van der Waals surface area contributed by atoms with Crippen LogP contribution in [0.4, 0.5) is 4.39 Å². The summed E-state index contributed by atoms with van der Waals surface area (Å²) in [4.78, 5) is 14.7. The molecule has 0 atom stereocenters. The van der Waals surface area contributed by atoms with Crippen LogP contribution in [0.3, 0.4) is 0 Å².